The first-order valence-electron chi connectivity index (χ1n) is 10.6. The molecular formula is C22H28N4O4S. The molecule has 166 valence electrons. The maximum absolute atomic E-state index is 13.0. The Bertz CT molecular complexity index is 1070. The zero-order valence-corrected chi connectivity index (χ0v) is 18.7. The highest BCUT2D eigenvalue weighted by Crippen LogP contribution is 2.41. The molecule has 1 N–H and O–H groups in total. The predicted octanol–water partition coefficient (Wildman–Crippen LogP) is 1.74. The minimum Gasteiger partial charge on any atom is -0.342 e. The summed E-state index contributed by atoms with van der Waals surface area (Å²) in [5.74, 6) is -0.798. The first kappa shape index (κ1) is 21.5. The summed E-state index contributed by atoms with van der Waals surface area (Å²) in [6, 6.07) is 9.43. The largest absolute Gasteiger partial charge is 0.342 e. The first-order valence-corrected chi connectivity index (χ1v) is 12.2. The predicted molar refractivity (Wildman–Crippen MR) is 116 cm³/mol. The van der Waals surface area contributed by atoms with Crippen LogP contribution in [0, 0.1) is 13.8 Å². The number of hydrogen-bond acceptors (Lipinski definition) is 5. The lowest BCUT2D eigenvalue weighted by molar-refractivity contribution is -0.135. The molecule has 2 saturated heterocycles. The van der Waals surface area contributed by atoms with Gasteiger partial charge >= 0.3 is 0 Å². The van der Waals surface area contributed by atoms with Crippen LogP contribution in [-0.4, -0.2) is 63.9 Å². The van der Waals surface area contributed by atoms with Gasteiger partial charge in [-0.1, -0.05) is 30.3 Å². The molecule has 0 unspecified atom stereocenters. The van der Waals surface area contributed by atoms with Gasteiger partial charge in [-0.15, -0.1) is 0 Å². The molecule has 2 aromatic rings. The minimum absolute atomic E-state index is 0.00572. The van der Waals surface area contributed by atoms with Crippen molar-refractivity contribution < 1.29 is 18.0 Å². The van der Waals surface area contributed by atoms with E-state index < -0.39 is 20.5 Å². The molecule has 0 aliphatic carbocycles. The third kappa shape index (κ3) is 3.86. The van der Waals surface area contributed by atoms with Gasteiger partial charge in [0.1, 0.15) is 10.6 Å². The van der Waals surface area contributed by atoms with Gasteiger partial charge in [-0.05, 0) is 31.4 Å². The summed E-state index contributed by atoms with van der Waals surface area (Å²) >= 11 is 0. The van der Waals surface area contributed by atoms with Gasteiger partial charge in [0.2, 0.25) is 11.8 Å². The summed E-state index contributed by atoms with van der Waals surface area (Å²) in [5, 5.41) is 7.10. The fourth-order valence-electron chi connectivity index (χ4n) is 4.79. The summed E-state index contributed by atoms with van der Waals surface area (Å²) in [4.78, 5) is 27.5. The second kappa shape index (κ2) is 8.11. The van der Waals surface area contributed by atoms with Gasteiger partial charge in [-0.25, -0.2) is 8.42 Å². The number of benzene rings is 1. The number of hydrogen-bond donors (Lipinski definition) is 1. The molecule has 9 heteroatoms. The zero-order valence-electron chi connectivity index (χ0n) is 17.9. The lowest BCUT2D eigenvalue weighted by Gasteiger charge is -2.43. The van der Waals surface area contributed by atoms with E-state index in [0.29, 0.717) is 25.9 Å². The molecule has 1 spiro atoms. The quantitative estimate of drug-likeness (QED) is 0.757. The Kier molecular flexibility index (Phi) is 5.63. The highest BCUT2D eigenvalue weighted by molar-refractivity contribution is 7.93. The van der Waals surface area contributed by atoms with Gasteiger partial charge in [-0.2, -0.15) is 5.10 Å². The number of carbonyl (C=O) groups excluding carboxylic acids is 2. The van der Waals surface area contributed by atoms with E-state index in [1.807, 2.05) is 44.2 Å². The SMILES string of the molecule is Cc1n[nH]c(C)c1CCC(=O)N1CCC2(CC1)N(Cc1ccccc1)C(=O)CS2(=O)=O. The van der Waals surface area contributed by atoms with Crippen molar-refractivity contribution in [2.24, 2.45) is 0 Å². The van der Waals surface area contributed by atoms with Crippen LogP contribution in [0.5, 0.6) is 0 Å². The van der Waals surface area contributed by atoms with E-state index in [4.69, 9.17) is 0 Å². The van der Waals surface area contributed by atoms with Crippen LogP contribution in [-0.2, 0) is 32.4 Å². The Labute approximate surface area is 182 Å². The first-order chi connectivity index (χ1) is 14.7. The fraction of sp³-hybridized carbons (Fsp3) is 0.500. The molecule has 2 aliphatic heterocycles. The molecule has 2 fully saturated rings. The fourth-order valence-corrected chi connectivity index (χ4v) is 6.84. The molecule has 0 radical (unpaired) electrons. The summed E-state index contributed by atoms with van der Waals surface area (Å²) < 4.78 is 26.0. The summed E-state index contributed by atoms with van der Waals surface area (Å²) in [6.45, 7) is 4.79. The lowest BCUT2D eigenvalue weighted by Crippen LogP contribution is -2.56. The van der Waals surface area contributed by atoms with Crippen molar-refractivity contribution in [1.82, 2.24) is 20.0 Å². The van der Waals surface area contributed by atoms with E-state index in [1.165, 1.54) is 4.90 Å². The molecule has 1 aromatic carbocycles. The van der Waals surface area contributed by atoms with Crippen molar-refractivity contribution in [2.45, 2.75) is 50.9 Å². The summed E-state index contributed by atoms with van der Waals surface area (Å²) in [7, 11) is -3.61. The smallest absolute Gasteiger partial charge is 0.239 e. The standard InChI is InChI=1S/C22H28N4O4S/c1-16-19(17(2)24-23-16)8-9-20(27)25-12-10-22(11-13-25)26(21(28)15-31(22,29)30)14-18-6-4-3-5-7-18/h3-7H,8-15H2,1-2H3,(H,23,24). The number of piperidine rings is 1. The molecule has 4 rings (SSSR count). The number of H-pyrrole nitrogens is 1. The molecular weight excluding hydrogens is 416 g/mol. The number of nitrogens with zero attached hydrogens (tertiary/aromatic N) is 3. The zero-order chi connectivity index (χ0) is 22.2. The monoisotopic (exact) mass is 444 g/mol. The van der Waals surface area contributed by atoms with Crippen molar-refractivity contribution in [3.63, 3.8) is 0 Å². The van der Waals surface area contributed by atoms with E-state index in [-0.39, 0.29) is 31.2 Å². The maximum Gasteiger partial charge on any atom is 0.239 e. The second-order valence-electron chi connectivity index (χ2n) is 8.46. The van der Waals surface area contributed by atoms with Crippen LogP contribution < -0.4 is 0 Å². The number of aryl methyl sites for hydroxylation is 2. The van der Waals surface area contributed by atoms with E-state index >= 15 is 0 Å². The van der Waals surface area contributed by atoms with Gasteiger partial charge in [-0.3, -0.25) is 14.7 Å². The third-order valence-corrected chi connectivity index (χ3v) is 9.05. The number of nitrogens with one attached hydrogen (secondary N) is 1. The molecule has 1 aromatic heterocycles. The van der Waals surface area contributed by atoms with Crippen LogP contribution in [0.15, 0.2) is 30.3 Å². The number of likely N-dealkylation sites (tertiary alicyclic amines) is 1. The average molecular weight is 445 g/mol. The molecule has 2 amide bonds. The minimum atomic E-state index is -3.61. The highest BCUT2D eigenvalue weighted by atomic mass is 32.2. The highest BCUT2D eigenvalue weighted by Gasteiger charge is 2.58. The van der Waals surface area contributed by atoms with Gasteiger partial charge in [0, 0.05) is 44.6 Å². The normalized spacial score (nSPS) is 19.9. The van der Waals surface area contributed by atoms with Crippen LogP contribution in [0.1, 0.15) is 41.8 Å². The lowest BCUT2D eigenvalue weighted by atomic mass is 10.00. The van der Waals surface area contributed by atoms with E-state index in [9.17, 15) is 18.0 Å². The second-order valence-corrected chi connectivity index (χ2v) is 10.7. The molecule has 0 atom stereocenters. The van der Waals surface area contributed by atoms with E-state index in [1.54, 1.807) is 4.90 Å². The average Bonchev–Trinajstić information content (AvgIpc) is 3.15. The maximum atomic E-state index is 13.0. The third-order valence-electron chi connectivity index (χ3n) is 6.64. The van der Waals surface area contributed by atoms with Gasteiger partial charge in [0.15, 0.2) is 9.84 Å². The summed E-state index contributed by atoms with van der Waals surface area (Å²) in [6.07, 6.45) is 1.46. The van der Waals surface area contributed by atoms with E-state index in [2.05, 4.69) is 10.2 Å². The molecule has 2 aliphatic rings. The molecule has 31 heavy (non-hydrogen) atoms. The molecule has 0 bridgehead atoms. The van der Waals surface area contributed by atoms with Crippen molar-refractivity contribution in [3.05, 3.63) is 52.8 Å². The number of amides is 2. The van der Waals surface area contributed by atoms with Crippen molar-refractivity contribution in [1.29, 1.82) is 0 Å². The van der Waals surface area contributed by atoms with Gasteiger partial charge in [0.25, 0.3) is 0 Å². The van der Waals surface area contributed by atoms with Crippen molar-refractivity contribution in [2.75, 3.05) is 18.8 Å². The number of carbonyl (C=O) groups is 2. The number of aromatic amines is 1. The summed E-state index contributed by atoms with van der Waals surface area (Å²) in [5.41, 5.74) is 3.82. The molecule has 3 heterocycles. The Morgan fingerprint density at radius 1 is 1.16 bits per heavy atom. The number of aromatic nitrogens is 2. The van der Waals surface area contributed by atoms with Crippen LogP contribution >= 0.6 is 0 Å². The van der Waals surface area contributed by atoms with Crippen molar-refractivity contribution in [3.8, 4) is 0 Å². The molecule has 0 saturated carbocycles. The Hall–Kier alpha value is -2.68. The molecule has 8 nitrogen and oxygen atoms in total. The van der Waals surface area contributed by atoms with Crippen LogP contribution in [0.3, 0.4) is 0 Å². The van der Waals surface area contributed by atoms with Crippen LogP contribution in [0.25, 0.3) is 0 Å². The number of sulfone groups is 1. The van der Waals surface area contributed by atoms with Crippen LogP contribution in [0.4, 0.5) is 0 Å². The van der Waals surface area contributed by atoms with Gasteiger partial charge < -0.3 is 9.80 Å². The topological polar surface area (TPSA) is 103 Å². The van der Waals surface area contributed by atoms with Crippen molar-refractivity contribution >= 4 is 21.7 Å². The van der Waals surface area contributed by atoms with Crippen LogP contribution in [0.2, 0.25) is 0 Å². The Morgan fingerprint density at radius 2 is 1.84 bits per heavy atom. The van der Waals surface area contributed by atoms with E-state index in [0.717, 1.165) is 22.5 Å². The Morgan fingerprint density at radius 3 is 2.45 bits per heavy atom. The Balaban J connectivity index is 1.45. The van der Waals surface area contributed by atoms with Gasteiger partial charge in [0.05, 0.1) is 5.69 Å². The number of rotatable bonds is 5.